The van der Waals surface area contributed by atoms with Crippen molar-refractivity contribution in [2.75, 3.05) is 12.4 Å². The van der Waals surface area contributed by atoms with Gasteiger partial charge in [0.2, 0.25) is 0 Å². The average molecular weight is 342 g/mol. The highest BCUT2D eigenvalue weighted by atomic mass is 32.2. The zero-order valence-electron chi connectivity index (χ0n) is 13.3. The first-order valence-corrected chi connectivity index (χ1v) is 8.66. The number of aromatic carboxylic acids is 1. The zero-order chi connectivity index (χ0) is 16.9. The molecule has 0 amide bonds. The summed E-state index contributed by atoms with van der Waals surface area (Å²) in [6.07, 6.45) is 0.876. The molecule has 0 saturated carbocycles. The summed E-state index contributed by atoms with van der Waals surface area (Å²) in [5, 5.41) is 9.76. The zero-order valence-corrected chi connectivity index (χ0v) is 14.1. The number of aryl methyl sites for hydroxylation is 1. The van der Waals surface area contributed by atoms with Crippen LogP contribution in [0.15, 0.2) is 47.6 Å². The van der Waals surface area contributed by atoms with Gasteiger partial charge in [0, 0.05) is 5.75 Å². The number of rotatable bonds is 7. The molecular formula is C18H18N2O3S. The lowest BCUT2D eigenvalue weighted by atomic mass is 10.2. The molecule has 0 atom stereocenters. The lowest BCUT2D eigenvalue weighted by Gasteiger charge is -2.05. The first kappa shape index (κ1) is 16.4. The van der Waals surface area contributed by atoms with Gasteiger partial charge in [-0.2, -0.15) is 0 Å². The van der Waals surface area contributed by atoms with Crippen LogP contribution in [-0.4, -0.2) is 33.4 Å². The number of fused-ring (bicyclic) bond motifs is 1. The van der Waals surface area contributed by atoms with Crippen LogP contribution in [-0.2, 0) is 0 Å². The van der Waals surface area contributed by atoms with Gasteiger partial charge in [0.15, 0.2) is 5.16 Å². The maximum Gasteiger partial charge on any atom is 0.335 e. The van der Waals surface area contributed by atoms with Crippen molar-refractivity contribution in [1.82, 2.24) is 9.97 Å². The van der Waals surface area contributed by atoms with Gasteiger partial charge < -0.3 is 14.8 Å². The Hall–Kier alpha value is -2.47. The first-order valence-electron chi connectivity index (χ1n) is 7.67. The minimum Gasteiger partial charge on any atom is -0.494 e. The third kappa shape index (κ3) is 4.08. The number of carboxylic acid groups (broad SMARTS) is 1. The lowest BCUT2D eigenvalue weighted by Crippen LogP contribution is -2.00. The quantitative estimate of drug-likeness (QED) is 0.499. The van der Waals surface area contributed by atoms with Crippen LogP contribution in [0, 0.1) is 6.92 Å². The number of hydrogen-bond donors (Lipinski definition) is 2. The molecule has 6 heteroatoms. The molecule has 0 aliphatic rings. The Labute approximate surface area is 144 Å². The van der Waals surface area contributed by atoms with Gasteiger partial charge in [-0.05, 0) is 55.3 Å². The standard InChI is InChI=1S/C18H18N2O3S/c1-12-3-8-15-16(11-12)20-18(19-15)24-10-2-9-23-14-6-4-13(5-7-14)17(21)22/h3-8,11H,2,9-10H2,1H3,(H,19,20)(H,21,22). The van der Waals surface area contributed by atoms with Crippen molar-refractivity contribution in [3.8, 4) is 5.75 Å². The summed E-state index contributed by atoms with van der Waals surface area (Å²) in [5.74, 6) is 0.648. The Morgan fingerprint density at radius 2 is 2.04 bits per heavy atom. The number of ether oxygens (including phenoxy) is 1. The normalized spacial score (nSPS) is 10.9. The molecule has 5 nitrogen and oxygen atoms in total. The Balaban J connectivity index is 1.43. The number of benzene rings is 2. The Kier molecular flexibility index (Phi) is 5.05. The van der Waals surface area contributed by atoms with Crippen LogP contribution in [0.1, 0.15) is 22.3 Å². The molecule has 3 aromatic rings. The predicted molar refractivity (Wildman–Crippen MR) is 95.1 cm³/mol. The Bertz CT molecular complexity index is 843. The molecule has 0 aliphatic carbocycles. The second kappa shape index (κ2) is 7.40. The Morgan fingerprint density at radius 1 is 1.25 bits per heavy atom. The summed E-state index contributed by atoms with van der Waals surface area (Å²) < 4.78 is 5.62. The molecule has 24 heavy (non-hydrogen) atoms. The van der Waals surface area contributed by atoms with Crippen molar-refractivity contribution in [3.05, 3.63) is 53.6 Å². The van der Waals surface area contributed by atoms with E-state index in [9.17, 15) is 4.79 Å². The van der Waals surface area contributed by atoms with Crippen LogP contribution in [0.25, 0.3) is 11.0 Å². The molecule has 1 aromatic heterocycles. The van der Waals surface area contributed by atoms with Crippen LogP contribution in [0.3, 0.4) is 0 Å². The molecule has 2 N–H and O–H groups in total. The number of nitrogens with one attached hydrogen (secondary N) is 1. The second-order valence-electron chi connectivity index (χ2n) is 5.44. The van der Waals surface area contributed by atoms with Crippen LogP contribution >= 0.6 is 11.8 Å². The number of nitrogens with zero attached hydrogens (tertiary/aromatic N) is 1. The van der Waals surface area contributed by atoms with Crippen molar-refractivity contribution in [2.24, 2.45) is 0 Å². The highest BCUT2D eigenvalue weighted by molar-refractivity contribution is 7.99. The van der Waals surface area contributed by atoms with Crippen molar-refractivity contribution in [1.29, 1.82) is 0 Å². The minimum absolute atomic E-state index is 0.262. The smallest absolute Gasteiger partial charge is 0.335 e. The fourth-order valence-corrected chi connectivity index (χ4v) is 3.08. The molecule has 0 unspecified atom stereocenters. The second-order valence-corrected chi connectivity index (χ2v) is 6.53. The van der Waals surface area contributed by atoms with Crippen molar-refractivity contribution in [2.45, 2.75) is 18.5 Å². The van der Waals surface area contributed by atoms with Gasteiger partial charge in [0.05, 0.1) is 23.2 Å². The fraction of sp³-hybridized carbons (Fsp3) is 0.222. The van der Waals surface area contributed by atoms with Crippen LogP contribution in [0.2, 0.25) is 0 Å². The number of hydrogen-bond acceptors (Lipinski definition) is 4. The van der Waals surface area contributed by atoms with Crippen LogP contribution in [0.5, 0.6) is 5.75 Å². The number of aromatic nitrogens is 2. The topological polar surface area (TPSA) is 75.2 Å². The van der Waals surface area contributed by atoms with Crippen molar-refractivity contribution in [3.63, 3.8) is 0 Å². The van der Waals surface area contributed by atoms with E-state index in [1.807, 2.05) is 6.07 Å². The molecule has 2 aromatic carbocycles. The number of imidazole rings is 1. The highest BCUT2D eigenvalue weighted by Crippen LogP contribution is 2.21. The molecular weight excluding hydrogens is 324 g/mol. The summed E-state index contributed by atoms with van der Waals surface area (Å²) in [5.41, 5.74) is 3.52. The summed E-state index contributed by atoms with van der Waals surface area (Å²) in [6.45, 7) is 2.65. The number of carboxylic acids is 1. The molecule has 3 rings (SSSR count). The van der Waals surface area contributed by atoms with E-state index in [-0.39, 0.29) is 5.56 Å². The molecule has 124 valence electrons. The largest absolute Gasteiger partial charge is 0.494 e. The van der Waals surface area contributed by atoms with Gasteiger partial charge in [-0.3, -0.25) is 0 Å². The van der Waals surface area contributed by atoms with E-state index >= 15 is 0 Å². The number of thioether (sulfide) groups is 1. The van der Waals surface area contributed by atoms with Crippen LogP contribution < -0.4 is 4.74 Å². The minimum atomic E-state index is -0.932. The average Bonchev–Trinajstić information content (AvgIpc) is 2.96. The summed E-state index contributed by atoms with van der Waals surface area (Å²) >= 11 is 1.67. The van der Waals surface area contributed by atoms with Gasteiger partial charge in [-0.1, -0.05) is 17.8 Å². The summed E-state index contributed by atoms with van der Waals surface area (Å²) in [6, 6.07) is 12.6. The van der Waals surface area contributed by atoms with Gasteiger partial charge >= 0.3 is 5.97 Å². The van der Waals surface area contributed by atoms with Crippen molar-refractivity contribution < 1.29 is 14.6 Å². The van der Waals surface area contributed by atoms with Gasteiger partial charge in [-0.15, -0.1) is 0 Å². The molecule has 0 radical (unpaired) electrons. The van der Waals surface area contributed by atoms with Gasteiger partial charge in [-0.25, -0.2) is 9.78 Å². The molecule has 0 saturated heterocycles. The van der Waals surface area contributed by atoms with Crippen LogP contribution in [0.4, 0.5) is 0 Å². The maximum absolute atomic E-state index is 10.8. The summed E-state index contributed by atoms with van der Waals surface area (Å²) in [4.78, 5) is 18.6. The Morgan fingerprint density at radius 3 is 2.79 bits per heavy atom. The van der Waals surface area contributed by atoms with E-state index in [1.165, 1.54) is 5.56 Å². The highest BCUT2D eigenvalue weighted by Gasteiger charge is 2.04. The third-order valence-corrected chi connectivity index (χ3v) is 4.47. The molecule has 0 fully saturated rings. The number of H-pyrrole nitrogens is 1. The van der Waals surface area contributed by atoms with E-state index in [2.05, 4.69) is 29.0 Å². The van der Waals surface area contributed by atoms with E-state index in [0.717, 1.165) is 28.4 Å². The van der Waals surface area contributed by atoms with E-state index < -0.39 is 5.97 Å². The van der Waals surface area contributed by atoms with E-state index in [1.54, 1.807) is 36.0 Å². The monoisotopic (exact) mass is 342 g/mol. The SMILES string of the molecule is Cc1ccc2nc(SCCCOc3ccc(C(=O)O)cc3)[nH]c2c1. The fourth-order valence-electron chi connectivity index (χ4n) is 2.28. The van der Waals surface area contributed by atoms with Gasteiger partial charge in [0.25, 0.3) is 0 Å². The first-order chi connectivity index (χ1) is 11.6. The number of aromatic amines is 1. The summed E-state index contributed by atoms with van der Waals surface area (Å²) in [7, 11) is 0. The molecule has 1 heterocycles. The lowest BCUT2D eigenvalue weighted by molar-refractivity contribution is 0.0697. The molecule has 0 aliphatic heterocycles. The van der Waals surface area contributed by atoms with Gasteiger partial charge in [0.1, 0.15) is 5.75 Å². The van der Waals surface area contributed by atoms with E-state index in [0.29, 0.717) is 12.4 Å². The molecule has 0 bridgehead atoms. The van der Waals surface area contributed by atoms with Crippen molar-refractivity contribution >= 4 is 28.8 Å². The molecule has 0 spiro atoms. The maximum atomic E-state index is 10.8. The predicted octanol–water partition coefficient (Wildman–Crippen LogP) is 4.13. The third-order valence-electron chi connectivity index (χ3n) is 3.51. The number of carbonyl (C=O) groups is 1. The van der Waals surface area contributed by atoms with E-state index in [4.69, 9.17) is 9.84 Å².